The second-order valence-electron chi connectivity index (χ2n) is 6.69. The Morgan fingerprint density at radius 3 is 2.16 bits per heavy atom. The number of carboxylic acid groups (broad SMARTS) is 1. The molecular formula is C23H14Cl2N2O4S. The molecule has 0 fully saturated rings. The minimum absolute atomic E-state index is 0.00886. The van der Waals surface area contributed by atoms with Crippen LogP contribution in [0.2, 0.25) is 10.0 Å². The van der Waals surface area contributed by atoms with Gasteiger partial charge >= 0.3 is 5.97 Å². The van der Waals surface area contributed by atoms with Crippen molar-refractivity contribution >= 4 is 73.8 Å². The van der Waals surface area contributed by atoms with Crippen molar-refractivity contribution in [2.75, 3.05) is 10.6 Å². The molecule has 0 aliphatic heterocycles. The zero-order valence-electron chi connectivity index (χ0n) is 16.2. The van der Waals surface area contributed by atoms with Gasteiger partial charge in [0.1, 0.15) is 4.88 Å². The maximum atomic E-state index is 13.0. The summed E-state index contributed by atoms with van der Waals surface area (Å²) < 4.78 is 0.815. The van der Waals surface area contributed by atoms with E-state index in [4.69, 9.17) is 23.2 Å². The monoisotopic (exact) mass is 484 g/mol. The van der Waals surface area contributed by atoms with Crippen molar-refractivity contribution < 1.29 is 19.5 Å². The summed E-state index contributed by atoms with van der Waals surface area (Å²) in [5, 5.41) is 16.4. The van der Waals surface area contributed by atoms with E-state index in [9.17, 15) is 19.5 Å². The highest BCUT2D eigenvalue weighted by atomic mass is 35.5. The van der Waals surface area contributed by atoms with Crippen LogP contribution in [0.4, 0.5) is 11.4 Å². The Balaban J connectivity index is 1.71. The number of rotatable bonds is 5. The van der Waals surface area contributed by atoms with Crippen LogP contribution in [0.25, 0.3) is 10.1 Å². The maximum absolute atomic E-state index is 13.0. The molecule has 4 aromatic rings. The van der Waals surface area contributed by atoms with Gasteiger partial charge < -0.3 is 15.7 Å². The van der Waals surface area contributed by atoms with Gasteiger partial charge in [-0.05, 0) is 42.5 Å². The summed E-state index contributed by atoms with van der Waals surface area (Å²) in [5.74, 6) is -2.48. The number of anilines is 2. The van der Waals surface area contributed by atoms with E-state index in [2.05, 4.69) is 10.6 Å². The summed E-state index contributed by atoms with van der Waals surface area (Å²) in [4.78, 5) is 38.0. The third-order valence-corrected chi connectivity index (χ3v) is 6.55. The first kappa shape index (κ1) is 21.8. The Kier molecular flexibility index (Phi) is 6.14. The molecule has 0 saturated carbocycles. The summed E-state index contributed by atoms with van der Waals surface area (Å²) in [5.41, 5.74) is 0.111. The zero-order valence-corrected chi connectivity index (χ0v) is 18.5. The quantitative estimate of drug-likeness (QED) is 0.304. The first-order chi connectivity index (χ1) is 15.3. The van der Waals surface area contributed by atoms with Gasteiger partial charge in [-0.25, -0.2) is 4.79 Å². The lowest BCUT2D eigenvalue weighted by molar-refractivity contribution is 0.0698. The van der Waals surface area contributed by atoms with Gasteiger partial charge in [-0.15, -0.1) is 11.3 Å². The molecule has 32 heavy (non-hydrogen) atoms. The standard InChI is InChI=1S/C23H14Cl2N2O4S/c24-12-8-10-13(11-9-12)26-21(28)15-5-3-6-16(23(30)31)19(15)27-22(29)20-18(25)14-4-1-2-7-17(14)32-20/h1-11H,(H,26,28)(H,27,29)(H,30,31). The number of hydrogen-bond acceptors (Lipinski definition) is 4. The molecule has 0 atom stereocenters. The molecule has 0 spiro atoms. The molecule has 0 aliphatic carbocycles. The van der Waals surface area contributed by atoms with E-state index >= 15 is 0 Å². The van der Waals surface area contributed by atoms with E-state index in [0.717, 1.165) is 10.1 Å². The minimum Gasteiger partial charge on any atom is -0.478 e. The first-order valence-electron chi connectivity index (χ1n) is 9.26. The largest absolute Gasteiger partial charge is 0.478 e. The molecule has 9 heteroatoms. The van der Waals surface area contributed by atoms with Gasteiger partial charge in [0.25, 0.3) is 11.8 Å². The number of benzene rings is 3. The summed E-state index contributed by atoms with van der Waals surface area (Å²) in [7, 11) is 0. The molecule has 160 valence electrons. The first-order valence-corrected chi connectivity index (χ1v) is 10.8. The average Bonchev–Trinajstić information content (AvgIpc) is 3.12. The normalized spacial score (nSPS) is 10.7. The van der Waals surface area contributed by atoms with Crippen molar-refractivity contribution in [2.45, 2.75) is 0 Å². The lowest BCUT2D eigenvalue weighted by atomic mass is 10.1. The lowest BCUT2D eigenvalue weighted by Crippen LogP contribution is -2.20. The minimum atomic E-state index is -1.29. The van der Waals surface area contributed by atoms with Crippen LogP contribution in [-0.4, -0.2) is 22.9 Å². The second kappa shape index (κ2) is 9.00. The summed E-state index contributed by atoms with van der Waals surface area (Å²) in [6, 6.07) is 17.9. The zero-order chi connectivity index (χ0) is 22.8. The fourth-order valence-electron chi connectivity index (χ4n) is 3.12. The molecule has 3 N–H and O–H groups in total. The van der Waals surface area contributed by atoms with Crippen LogP contribution in [-0.2, 0) is 0 Å². The molecule has 1 aromatic heterocycles. The molecule has 0 radical (unpaired) electrons. The van der Waals surface area contributed by atoms with Crippen LogP contribution in [0.3, 0.4) is 0 Å². The Hall–Kier alpha value is -3.39. The highest BCUT2D eigenvalue weighted by Gasteiger charge is 2.24. The van der Waals surface area contributed by atoms with Crippen molar-refractivity contribution in [1.82, 2.24) is 0 Å². The lowest BCUT2D eigenvalue weighted by Gasteiger charge is -2.14. The third kappa shape index (κ3) is 4.31. The van der Waals surface area contributed by atoms with Crippen LogP contribution in [0.1, 0.15) is 30.4 Å². The maximum Gasteiger partial charge on any atom is 0.337 e. The van der Waals surface area contributed by atoms with Gasteiger partial charge in [-0.2, -0.15) is 0 Å². The highest BCUT2D eigenvalue weighted by molar-refractivity contribution is 7.21. The molecule has 0 saturated heterocycles. The Bertz CT molecular complexity index is 1370. The smallest absolute Gasteiger partial charge is 0.337 e. The van der Waals surface area contributed by atoms with Crippen LogP contribution < -0.4 is 10.6 Å². The van der Waals surface area contributed by atoms with Gasteiger partial charge in [0, 0.05) is 20.8 Å². The number of hydrogen-bond donors (Lipinski definition) is 3. The van der Waals surface area contributed by atoms with Crippen LogP contribution in [0, 0.1) is 0 Å². The SMILES string of the molecule is O=C(O)c1cccc(C(=O)Nc2ccc(Cl)cc2)c1NC(=O)c1sc2ccccc2c1Cl. The fourth-order valence-corrected chi connectivity index (χ4v) is 4.65. The number of halogens is 2. The predicted molar refractivity (Wildman–Crippen MR) is 128 cm³/mol. The third-order valence-electron chi connectivity index (χ3n) is 4.62. The highest BCUT2D eigenvalue weighted by Crippen LogP contribution is 2.36. The number of carboxylic acids is 1. The van der Waals surface area contributed by atoms with Gasteiger partial charge in [0.05, 0.1) is 21.8 Å². The topological polar surface area (TPSA) is 95.5 Å². The van der Waals surface area contributed by atoms with Crippen LogP contribution >= 0.6 is 34.5 Å². The number of nitrogens with one attached hydrogen (secondary N) is 2. The molecule has 1 heterocycles. The summed E-state index contributed by atoms with van der Waals surface area (Å²) in [6.07, 6.45) is 0. The number of amides is 2. The number of aromatic carboxylic acids is 1. The molecule has 6 nitrogen and oxygen atoms in total. The van der Waals surface area contributed by atoms with Crippen molar-refractivity contribution in [2.24, 2.45) is 0 Å². The van der Waals surface area contributed by atoms with E-state index in [1.165, 1.54) is 29.5 Å². The number of thiophene rings is 1. The molecule has 0 unspecified atom stereocenters. The van der Waals surface area contributed by atoms with Crippen molar-refractivity contribution in [3.8, 4) is 0 Å². The van der Waals surface area contributed by atoms with E-state index in [-0.39, 0.29) is 26.7 Å². The van der Waals surface area contributed by atoms with Gasteiger partial charge in [-0.1, -0.05) is 47.5 Å². The Labute approximate surface area is 196 Å². The van der Waals surface area contributed by atoms with E-state index in [0.29, 0.717) is 10.7 Å². The molecule has 4 rings (SSSR count). The molecule has 3 aromatic carbocycles. The van der Waals surface area contributed by atoms with E-state index in [1.807, 2.05) is 18.2 Å². The van der Waals surface area contributed by atoms with Crippen molar-refractivity contribution in [1.29, 1.82) is 0 Å². The number of fused-ring (bicyclic) bond motifs is 1. The van der Waals surface area contributed by atoms with Gasteiger partial charge in [0.2, 0.25) is 0 Å². The fraction of sp³-hybridized carbons (Fsp3) is 0. The summed E-state index contributed by atoms with van der Waals surface area (Å²) in [6.45, 7) is 0. The number of carbonyl (C=O) groups is 3. The number of carbonyl (C=O) groups excluding carboxylic acids is 2. The van der Waals surface area contributed by atoms with Crippen LogP contribution in [0.5, 0.6) is 0 Å². The molecular weight excluding hydrogens is 471 g/mol. The number of para-hydroxylation sites is 1. The van der Waals surface area contributed by atoms with Gasteiger partial charge in [0.15, 0.2) is 0 Å². The van der Waals surface area contributed by atoms with Crippen LogP contribution in [0.15, 0.2) is 66.7 Å². The summed E-state index contributed by atoms with van der Waals surface area (Å²) >= 11 is 13.4. The Morgan fingerprint density at radius 1 is 0.781 bits per heavy atom. The van der Waals surface area contributed by atoms with E-state index in [1.54, 1.807) is 30.3 Å². The van der Waals surface area contributed by atoms with Gasteiger partial charge in [-0.3, -0.25) is 9.59 Å². The molecule has 2 amide bonds. The second-order valence-corrected chi connectivity index (χ2v) is 8.56. The predicted octanol–water partition coefficient (Wildman–Crippen LogP) is 6.41. The van der Waals surface area contributed by atoms with Crippen molar-refractivity contribution in [3.63, 3.8) is 0 Å². The molecule has 0 bridgehead atoms. The van der Waals surface area contributed by atoms with E-state index < -0.39 is 17.8 Å². The Morgan fingerprint density at radius 2 is 1.47 bits per heavy atom. The average molecular weight is 485 g/mol. The molecule has 0 aliphatic rings. The van der Waals surface area contributed by atoms with Crippen molar-refractivity contribution in [3.05, 3.63) is 92.8 Å².